The minimum absolute atomic E-state index is 0.277. The molecule has 1 N–H and O–H groups in total. The lowest BCUT2D eigenvalue weighted by Crippen LogP contribution is -2.14. The number of likely N-dealkylation sites (N-methyl/N-ethyl adjacent to an activating group) is 1. The Morgan fingerprint density at radius 1 is 1.44 bits per heavy atom. The molecule has 0 saturated carbocycles. The highest BCUT2D eigenvalue weighted by molar-refractivity contribution is 5.49. The molecule has 1 unspecified atom stereocenters. The maximum atomic E-state index is 9.88. The lowest BCUT2D eigenvalue weighted by Gasteiger charge is -2.10. The third kappa shape index (κ3) is 1.38. The van der Waals surface area contributed by atoms with Gasteiger partial charge >= 0.3 is 0 Å². The Bertz CT molecular complexity index is 520. The summed E-state index contributed by atoms with van der Waals surface area (Å²) in [7, 11) is 2.12. The zero-order chi connectivity index (χ0) is 11.1. The van der Waals surface area contributed by atoms with Crippen LogP contribution in [0.5, 0.6) is 5.88 Å². The first-order chi connectivity index (χ1) is 7.75. The first-order valence-corrected chi connectivity index (χ1v) is 5.59. The highest BCUT2D eigenvalue weighted by Crippen LogP contribution is 2.28. The summed E-state index contributed by atoms with van der Waals surface area (Å²) in [6.07, 6.45) is 2.94. The number of rotatable bonds is 1. The van der Waals surface area contributed by atoms with Gasteiger partial charge in [-0.3, -0.25) is 4.40 Å². The summed E-state index contributed by atoms with van der Waals surface area (Å²) in [6.45, 7) is 2.13. The summed E-state index contributed by atoms with van der Waals surface area (Å²) in [6, 6.07) is 5.52. The highest BCUT2D eigenvalue weighted by atomic mass is 16.3. The van der Waals surface area contributed by atoms with E-state index in [2.05, 4.69) is 16.9 Å². The number of nitrogens with zero attached hydrogens (tertiary/aromatic N) is 3. The first kappa shape index (κ1) is 9.66. The van der Waals surface area contributed by atoms with Crippen molar-refractivity contribution >= 4 is 5.52 Å². The number of hydrogen-bond donors (Lipinski definition) is 1. The molecule has 3 rings (SSSR count). The summed E-state index contributed by atoms with van der Waals surface area (Å²) >= 11 is 0. The number of hydrogen-bond acceptors (Lipinski definition) is 3. The molecule has 0 radical (unpaired) electrons. The van der Waals surface area contributed by atoms with E-state index in [4.69, 9.17) is 0 Å². The van der Waals surface area contributed by atoms with E-state index < -0.39 is 0 Å². The van der Waals surface area contributed by atoms with E-state index >= 15 is 0 Å². The van der Waals surface area contributed by atoms with Crippen LogP contribution in [0.2, 0.25) is 0 Å². The number of fused-ring (bicyclic) bond motifs is 1. The van der Waals surface area contributed by atoms with Crippen molar-refractivity contribution in [2.75, 3.05) is 20.1 Å². The molecule has 1 aliphatic rings. The Kier molecular flexibility index (Phi) is 2.11. The molecule has 16 heavy (non-hydrogen) atoms. The van der Waals surface area contributed by atoms with Crippen LogP contribution in [-0.2, 0) is 0 Å². The Hall–Kier alpha value is -1.55. The van der Waals surface area contributed by atoms with E-state index in [-0.39, 0.29) is 5.88 Å². The molecule has 0 bridgehead atoms. The van der Waals surface area contributed by atoms with Crippen LogP contribution in [0, 0.1) is 0 Å². The van der Waals surface area contributed by atoms with Gasteiger partial charge in [-0.15, -0.1) is 0 Å². The summed E-state index contributed by atoms with van der Waals surface area (Å²) < 4.78 is 1.85. The van der Waals surface area contributed by atoms with Crippen molar-refractivity contribution in [3.05, 3.63) is 30.2 Å². The van der Waals surface area contributed by atoms with Crippen LogP contribution in [-0.4, -0.2) is 39.5 Å². The molecular formula is C12H15N3O. The van der Waals surface area contributed by atoms with E-state index in [1.54, 1.807) is 6.07 Å². The Balaban J connectivity index is 2.10. The standard InChI is InChI=1S/C12H15N3O/c1-14-6-5-9(8-14)12-13-7-10-3-2-4-11(16)15(10)12/h2-4,7,9,16H,5-6,8H2,1H3. The average molecular weight is 217 g/mol. The zero-order valence-electron chi connectivity index (χ0n) is 9.30. The van der Waals surface area contributed by atoms with Crippen LogP contribution >= 0.6 is 0 Å². The van der Waals surface area contributed by atoms with Crippen LogP contribution in [0.25, 0.3) is 5.52 Å². The summed E-state index contributed by atoms with van der Waals surface area (Å²) in [5, 5.41) is 9.88. The van der Waals surface area contributed by atoms with Crippen molar-refractivity contribution in [2.45, 2.75) is 12.3 Å². The van der Waals surface area contributed by atoms with Crippen LogP contribution in [0.3, 0.4) is 0 Å². The summed E-state index contributed by atoms with van der Waals surface area (Å²) in [5.74, 6) is 1.69. The molecule has 2 aromatic heterocycles. The zero-order valence-corrected chi connectivity index (χ0v) is 9.30. The molecule has 1 fully saturated rings. The lowest BCUT2D eigenvalue weighted by atomic mass is 10.1. The molecule has 0 spiro atoms. The quantitative estimate of drug-likeness (QED) is 0.786. The van der Waals surface area contributed by atoms with Crippen LogP contribution < -0.4 is 0 Å². The Morgan fingerprint density at radius 3 is 3.06 bits per heavy atom. The van der Waals surface area contributed by atoms with Gasteiger partial charge in [0.2, 0.25) is 0 Å². The van der Waals surface area contributed by atoms with Crippen molar-refractivity contribution in [2.24, 2.45) is 0 Å². The van der Waals surface area contributed by atoms with Gasteiger partial charge in [-0.25, -0.2) is 4.98 Å². The lowest BCUT2D eigenvalue weighted by molar-refractivity contribution is 0.406. The predicted molar refractivity (Wildman–Crippen MR) is 61.7 cm³/mol. The number of pyridine rings is 1. The number of aromatic hydroxyl groups is 1. The monoisotopic (exact) mass is 217 g/mol. The Labute approximate surface area is 94.1 Å². The number of aromatic nitrogens is 2. The van der Waals surface area contributed by atoms with Gasteiger partial charge in [-0.1, -0.05) is 6.07 Å². The molecule has 1 saturated heterocycles. The molecule has 4 heteroatoms. The smallest absolute Gasteiger partial charge is 0.197 e. The van der Waals surface area contributed by atoms with Crippen LogP contribution in [0.4, 0.5) is 0 Å². The maximum absolute atomic E-state index is 9.88. The van der Waals surface area contributed by atoms with Crippen molar-refractivity contribution in [1.29, 1.82) is 0 Å². The van der Waals surface area contributed by atoms with Gasteiger partial charge in [0.25, 0.3) is 0 Å². The molecule has 84 valence electrons. The molecule has 1 aliphatic heterocycles. The molecule has 3 heterocycles. The average Bonchev–Trinajstić information content (AvgIpc) is 2.84. The molecular weight excluding hydrogens is 202 g/mol. The second-order valence-electron chi connectivity index (χ2n) is 4.51. The van der Waals surface area contributed by atoms with Gasteiger partial charge in [0, 0.05) is 12.5 Å². The maximum Gasteiger partial charge on any atom is 0.197 e. The van der Waals surface area contributed by atoms with Crippen LogP contribution in [0.1, 0.15) is 18.2 Å². The first-order valence-electron chi connectivity index (χ1n) is 5.59. The molecule has 4 nitrogen and oxygen atoms in total. The second kappa shape index (κ2) is 3.49. The minimum atomic E-state index is 0.277. The largest absolute Gasteiger partial charge is 0.494 e. The number of likely N-dealkylation sites (tertiary alicyclic amines) is 1. The fraction of sp³-hybridized carbons (Fsp3) is 0.417. The molecule has 0 aromatic carbocycles. The number of imidazole rings is 1. The SMILES string of the molecule is CN1CCC(c2ncc3cccc(O)n23)C1. The van der Waals surface area contributed by atoms with Crippen LogP contribution in [0.15, 0.2) is 24.4 Å². The Morgan fingerprint density at radius 2 is 2.31 bits per heavy atom. The van der Waals surface area contributed by atoms with E-state index in [0.717, 1.165) is 30.9 Å². The molecule has 2 aromatic rings. The highest BCUT2D eigenvalue weighted by Gasteiger charge is 2.25. The normalized spacial score (nSPS) is 21.9. The topological polar surface area (TPSA) is 40.8 Å². The van der Waals surface area contributed by atoms with Gasteiger partial charge in [0.05, 0.1) is 11.7 Å². The van der Waals surface area contributed by atoms with Gasteiger partial charge < -0.3 is 10.0 Å². The van der Waals surface area contributed by atoms with Crippen molar-refractivity contribution in [3.8, 4) is 5.88 Å². The van der Waals surface area contributed by atoms with E-state index in [1.165, 1.54) is 0 Å². The third-order valence-corrected chi connectivity index (χ3v) is 3.31. The fourth-order valence-electron chi connectivity index (χ4n) is 2.49. The van der Waals surface area contributed by atoms with E-state index in [1.807, 2.05) is 22.7 Å². The van der Waals surface area contributed by atoms with Gasteiger partial charge in [0.1, 0.15) is 5.82 Å². The summed E-state index contributed by atoms with van der Waals surface area (Å²) in [4.78, 5) is 6.75. The van der Waals surface area contributed by atoms with Gasteiger partial charge in [-0.2, -0.15) is 0 Å². The van der Waals surface area contributed by atoms with E-state index in [0.29, 0.717) is 5.92 Å². The molecule has 1 atom stereocenters. The van der Waals surface area contributed by atoms with Crippen molar-refractivity contribution < 1.29 is 5.11 Å². The minimum Gasteiger partial charge on any atom is -0.494 e. The molecule has 0 amide bonds. The van der Waals surface area contributed by atoms with Gasteiger partial charge in [-0.05, 0) is 32.1 Å². The van der Waals surface area contributed by atoms with Gasteiger partial charge in [0.15, 0.2) is 5.88 Å². The fourth-order valence-corrected chi connectivity index (χ4v) is 2.49. The summed E-state index contributed by atoms with van der Waals surface area (Å²) in [5.41, 5.74) is 0.963. The third-order valence-electron chi connectivity index (χ3n) is 3.31. The predicted octanol–water partition coefficient (Wildman–Crippen LogP) is 1.46. The van der Waals surface area contributed by atoms with Crippen molar-refractivity contribution in [1.82, 2.24) is 14.3 Å². The van der Waals surface area contributed by atoms with E-state index in [9.17, 15) is 5.11 Å². The molecule has 0 aliphatic carbocycles. The second-order valence-corrected chi connectivity index (χ2v) is 4.51. The van der Waals surface area contributed by atoms with Crippen molar-refractivity contribution in [3.63, 3.8) is 0 Å².